The second kappa shape index (κ2) is 24.0. The molecule has 0 aromatic heterocycles. The Hall–Kier alpha value is -3.06. The first kappa shape index (κ1) is 63.9. The summed E-state index contributed by atoms with van der Waals surface area (Å²) >= 11 is 0. The molecule has 4 saturated carbocycles. The Kier molecular flexibility index (Phi) is 19.0. The lowest BCUT2D eigenvalue weighted by Gasteiger charge is -2.71. The Morgan fingerprint density at radius 2 is 1.27 bits per heavy atom. The zero-order chi connectivity index (χ0) is 59.7. The lowest BCUT2D eigenvalue weighted by atomic mass is 9.33. The number of fused-ring (bicyclic) bond motifs is 7. The number of aliphatic hydroxyl groups is 10. The maximum Gasteiger partial charge on any atom is 0.340 e. The number of carbonyl (C=O) groups is 4. The van der Waals surface area contributed by atoms with Gasteiger partial charge in [0, 0.05) is 0 Å². The van der Waals surface area contributed by atoms with Gasteiger partial charge in [0.25, 0.3) is 0 Å². The minimum Gasteiger partial charge on any atom is -0.467 e. The van der Waals surface area contributed by atoms with E-state index >= 15 is 0 Å². The molecule has 81 heavy (non-hydrogen) atoms. The van der Waals surface area contributed by atoms with Gasteiger partial charge >= 0.3 is 23.9 Å². The highest BCUT2D eigenvalue weighted by Gasteiger charge is 2.70. The average Bonchev–Trinajstić information content (AvgIpc) is 3.62. The number of rotatable bonds is 16. The van der Waals surface area contributed by atoms with E-state index in [-0.39, 0.29) is 39.4 Å². The molecule has 0 unspecified atom stereocenters. The van der Waals surface area contributed by atoms with Gasteiger partial charge in [0.15, 0.2) is 25.0 Å². The second-order valence-electron chi connectivity index (χ2n) is 26.0. The third-order valence-corrected chi connectivity index (χ3v) is 21.0. The molecule has 25 heteroatoms. The Morgan fingerprint density at radius 3 is 1.88 bits per heavy atom. The summed E-state index contributed by atoms with van der Waals surface area (Å²) in [6.07, 6.45) is -23.1. The van der Waals surface area contributed by atoms with Gasteiger partial charge in [0.2, 0.25) is 12.4 Å². The third kappa shape index (κ3) is 11.1. The summed E-state index contributed by atoms with van der Waals surface area (Å²) in [5.74, 6) is -4.05. The van der Waals surface area contributed by atoms with E-state index in [4.69, 9.17) is 47.4 Å². The average molecular weight is 1160 g/mol. The molecule has 0 spiro atoms. The molecule has 8 aliphatic rings. The van der Waals surface area contributed by atoms with Crippen LogP contribution < -0.4 is 0 Å². The largest absolute Gasteiger partial charge is 0.467 e. The van der Waals surface area contributed by atoms with Crippen LogP contribution in [0.4, 0.5) is 0 Å². The number of ether oxygens (including phenoxy) is 11. The molecule has 8 rings (SSSR count). The maximum absolute atomic E-state index is 14.8. The summed E-state index contributed by atoms with van der Waals surface area (Å²) in [5, 5.41) is 108. The number of hydrogen-bond donors (Lipinski definition) is 10. The first-order valence-corrected chi connectivity index (χ1v) is 28.3. The minimum absolute atomic E-state index is 0.0288. The molecule has 462 valence electrons. The highest BCUT2D eigenvalue weighted by Crippen LogP contribution is 2.76. The summed E-state index contributed by atoms with van der Waals surface area (Å²) < 4.78 is 63.0. The van der Waals surface area contributed by atoms with Crippen molar-refractivity contribution in [2.24, 2.45) is 50.2 Å². The van der Waals surface area contributed by atoms with Gasteiger partial charge in [0.05, 0.1) is 46.1 Å². The van der Waals surface area contributed by atoms with E-state index in [1.807, 2.05) is 0 Å². The summed E-state index contributed by atoms with van der Waals surface area (Å²) in [5.41, 5.74) is -1.59. The second-order valence-corrected chi connectivity index (χ2v) is 26.0. The van der Waals surface area contributed by atoms with Crippen LogP contribution in [0.15, 0.2) is 11.6 Å². The fourth-order valence-electron chi connectivity index (χ4n) is 16.1. The molecular formula is C56H88O25. The maximum atomic E-state index is 14.8. The van der Waals surface area contributed by atoms with Crippen molar-refractivity contribution in [3.63, 3.8) is 0 Å². The molecule has 3 heterocycles. The van der Waals surface area contributed by atoms with Gasteiger partial charge in [-0.15, -0.1) is 0 Å². The van der Waals surface area contributed by atoms with Crippen LogP contribution in [-0.4, -0.2) is 227 Å². The van der Waals surface area contributed by atoms with E-state index in [2.05, 4.69) is 59.3 Å². The fraction of sp³-hybridized carbons (Fsp3) is 0.893. The first-order chi connectivity index (χ1) is 37.9. The predicted octanol–water partition coefficient (Wildman–Crippen LogP) is -0.605. The molecule has 25 nitrogen and oxygen atoms in total. The van der Waals surface area contributed by atoms with Crippen molar-refractivity contribution in [1.29, 1.82) is 0 Å². The Bertz CT molecular complexity index is 2290. The molecule has 0 bridgehead atoms. The highest BCUT2D eigenvalue weighted by atomic mass is 16.8. The van der Waals surface area contributed by atoms with Crippen molar-refractivity contribution < 1.29 is 122 Å². The number of carbonyl (C=O) groups excluding carboxylic acids is 4. The summed E-state index contributed by atoms with van der Waals surface area (Å²) in [7, 11) is 3.05. The third-order valence-electron chi connectivity index (χ3n) is 21.0. The molecule has 0 radical (unpaired) electrons. The van der Waals surface area contributed by atoms with E-state index in [9.17, 15) is 70.2 Å². The van der Waals surface area contributed by atoms with Gasteiger partial charge < -0.3 is 103 Å². The normalized spacial score (nSPS) is 46.2. The van der Waals surface area contributed by atoms with Crippen molar-refractivity contribution in [3.8, 4) is 0 Å². The number of hydrogen-bond acceptors (Lipinski definition) is 25. The number of aliphatic hydroxyl groups excluding tert-OH is 10. The molecule has 0 aromatic rings. The van der Waals surface area contributed by atoms with Crippen molar-refractivity contribution in [2.75, 3.05) is 41.2 Å². The van der Waals surface area contributed by atoms with Crippen LogP contribution in [0, 0.1) is 50.2 Å². The van der Waals surface area contributed by atoms with Crippen LogP contribution in [0.3, 0.4) is 0 Å². The molecular weight excluding hydrogens is 1070 g/mol. The van der Waals surface area contributed by atoms with E-state index < -0.39 is 165 Å². The van der Waals surface area contributed by atoms with Crippen molar-refractivity contribution in [2.45, 2.75) is 223 Å². The lowest BCUT2D eigenvalue weighted by Crippen LogP contribution is -2.68. The molecule has 25 atom stereocenters. The zero-order valence-corrected chi connectivity index (χ0v) is 48.0. The van der Waals surface area contributed by atoms with Gasteiger partial charge in [-0.05, 0) is 109 Å². The summed E-state index contributed by atoms with van der Waals surface area (Å²) in [6, 6.07) is 0. The first-order valence-electron chi connectivity index (χ1n) is 28.3. The van der Waals surface area contributed by atoms with E-state index in [0.717, 1.165) is 40.6 Å². The van der Waals surface area contributed by atoms with E-state index in [1.165, 1.54) is 5.57 Å². The Labute approximate surface area is 471 Å². The SMILES string of the molecule is COC(=O)CO[C@H](O[C@H]1[C@H](O)[C@@H](C(=O)OC)O[C@@H](O[C@H]2CC[C@@]3(C)[C@H](CC[C@]4(C)[C@H]3CC=C3[C@@H]5CC(C)(C)CC[C@]5(C(=O)O[C@@H]5O[C@H](CO)[C@@H](O)[C@H](O)[C@H]5O)CC[C@]34C)C2(C)C)[C@@H]1O[C@@H]1O[C@H](CO)[C@@H](O)[C@H](O)[C@H]1O)[C@@H](O)C(=O)OC. The monoisotopic (exact) mass is 1160 g/mol. The van der Waals surface area contributed by atoms with Crippen molar-refractivity contribution >= 4 is 23.9 Å². The number of esters is 4. The van der Waals surface area contributed by atoms with Gasteiger partial charge in [-0.3, -0.25) is 4.79 Å². The lowest BCUT2D eigenvalue weighted by molar-refractivity contribution is -0.387. The van der Waals surface area contributed by atoms with Gasteiger partial charge in [-0.1, -0.05) is 60.1 Å². The fourth-order valence-corrected chi connectivity index (χ4v) is 16.1. The number of methoxy groups -OCH3 is 3. The van der Waals surface area contributed by atoms with E-state index in [1.54, 1.807) is 0 Å². The highest BCUT2D eigenvalue weighted by molar-refractivity contribution is 5.79. The van der Waals surface area contributed by atoms with Crippen molar-refractivity contribution in [1.82, 2.24) is 0 Å². The van der Waals surface area contributed by atoms with Crippen LogP contribution in [-0.2, 0) is 71.3 Å². The summed E-state index contributed by atoms with van der Waals surface area (Å²) in [4.78, 5) is 53.5. The topological polar surface area (TPSA) is 372 Å². The smallest absolute Gasteiger partial charge is 0.340 e. The quantitative estimate of drug-likeness (QED) is 0.0303. The summed E-state index contributed by atoms with van der Waals surface area (Å²) in [6.45, 7) is 13.2. The zero-order valence-electron chi connectivity index (χ0n) is 48.0. The standard InChI is InChI=1S/C56H88O25/c1-51(2)17-19-56(50(70)81-48-38(65)36(63)34(61)28(23-58)76-48)20-18-54(6)25(26(56)21-51)11-12-30-53(5)15-14-31(52(3,4)29(53)13-16-55(30,54)7)77-49-43(80-47-37(64)35(62)33(60)27(22-57)75-47)41(39(66)42(79-49)45(69)73-10)78-46(40(67)44(68)72-9)74-24-32(59)71-8/h11,26-31,33-43,46-49,57-58,60-67H,12-24H2,1-10H3/t26-,27+,28+,29+,30-,31-,33+,34+,35-,36-,37+,38+,39-,40-,41-,42-,43+,46+,47-,48-,49+,53-,54+,55+,56-/m0/s1. The molecule has 10 N–H and O–H groups in total. The van der Waals surface area contributed by atoms with Gasteiger partial charge in [-0.2, -0.15) is 0 Å². The molecule has 7 fully saturated rings. The Balaban J connectivity index is 1.11. The van der Waals surface area contributed by atoms with Crippen LogP contribution in [0.2, 0.25) is 0 Å². The van der Waals surface area contributed by atoms with Crippen LogP contribution >= 0.6 is 0 Å². The van der Waals surface area contributed by atoms with Crippen LogP contribution in [0.5, 0.6) is 0 Å². The number of allylic oxidation sites excluding steroid dienone is 2. The Morgan fingerprint density at radius 1 is 0.654 bits per heavy atom. The molecule has 5 aliphatic carbocycles. The van der Waals surface area contributed by atoms with E-state index in [0.29, 0.717) is 44.9 Å². The van der Waals surface area contributed by atoms with Crippen LogP contribution in [0.1, 0.15) is 113 Å². The minimum atomic E-state index is -2.30. The van der Waals surface area contributed by atoms with Crippen LogP contribution in [0.25, 0.3) is 0 Å². The molecule has 3 aliphatic heterocycles. The van der Waals surface area contributed by atoms with Crippen molar-refractivity contribution in [3.05, 3.63) is 11.6 Å². The molecule has 3 saturated heterocycles. The molecule has 0 aromatic carbocycles. The van der Waals surface area contributed by atoms with Gasteiger partial charge in [-0.25, -0.2) is 14.4 Å². The van der Waals surface area contributed by atoms with Gasteiger partial charge in [0.1, 0.15) is 73.8 Å². The molecule has 0 amide bonds. The predicted molar refractivity (Wildman–Crippen MR) is 274 cm³/mol.